The second-order valence-corrected chi connectivity index (χ2v) is 6.83. The summed E-state index contributed by atoms with van der Waals surface area (Å²) in [6.45, 7) is 4.58. The van der Waals surface area contributed by atoms with Gasteiger partial charge in [-0.05, 0) is 32.4 Å². The minimum atomic E-state index is -3.36. The van der Waals surface area contributed by atoms with E-state index in [1.54, 1.807) is 0 Å². The van der Waals surface area contributed by atoms with Crippen molar-refractivity contribution in [3.8, 4) is 0 Å². The lowest BCUT2D eigenvalue weighted by molar-refractivity contribution is -0.0929. The molecule has 2 aliphatic rings. The van der Waals surface area contributed by atoms with Crippen LogP contribution in [0.5, 0.6) is 0 Å². The number of primary sulfonamides is 1. The number of ether oxygens (including phenoxy) is 2. The van der Waals surface area contributed by atoms with Crippen LogP contribution in [-0.4, -0.2) is 64.1 Å². The van der Waals surface area contributed by atoms with E-state index in [2.05, 4.69) is 4.90 Å². The highest BCUT2D eigenvalue weighted by Crippen LogP contribution is 2.16. The molecule has 0 aromatic rings. The molecule has 106 valence electrons. The van der Waals surface area contributed by atoms with Gasteiger partial charge in [0.2, 0.25) is 10.0 Å². The molecular weight excluding hydrogens is 256 g/mol. The molecule has 2 saturated heterocycles. The standard InChI is InChI=1S/C11H22N2O4S/c12-18(14,15)11-2-5-13(6-3-11)4-1-10-9-16-7-8-17-10/h10-11H,1-9H2,(H2,12,14,15). The van der Waals surface area contributed by atoms with Gasteiger partial charge in [0.1, 0.15) is 0 Å². The summed E-state index contributed by atoms with van der Waals surface area (Å²) in [6.07, 6.45) is 2.41. The van der Waals surface area contributed by atoms with E-state index in [0.717, 1.165) is 26.1 Å². The number of sulfonamides is 1. The lowest BCUT2D eigenvalue weighted by Gasteiger charge is -2.32. The smallest absolute Gasteiger partial charge is 0.212 e. The van der Waals surface area contributed by atoms with E-state index in [9.17, 15) is 8.42 Å². The Morgan fingerprint density at radius 3 is 2.50 bits per heavy atom. The maximum Gasteiger partial charge on any atom is 0.212 e. The quantitative estimate of drug-likeness (QED) is 0.753. The van der Waals surface area contributed by atoms with Gasteiger partial charge in [-0.2, -0.15) is 0 Å². The molecule has 0 radical (unpaired) electrons. The average molecular weight is 278 g/mol. The van der Waals surface area contributed by atoms with Crippen LogP contribution < -0.4 is 5.14 Å². The van der Waals surface area contributed by atoms with Gasteiger partial charge in [-0.3, -0.25) is 0 Å². The van der Waals surface area contributed by atoms with E-state index in [0.29, 0.717) is 32.7 Å². The van der Waals surface area contributed by atoms with Gasteiger partial charge in [0.05, 0.1) is 31.2 Å². The zero-order chi connectivity index (χ0) is 13.0. The number of hydrogen-bond donors (Lipinski definition) is 1. The first kappa shape index (κ1) is 14.2. The minimum absolute atomic E-state index is 0.190. The van der Waals surface area contributed by atoms with Crippen molar-refractivity contribution in [3.05, 3.63) is 0 Å². The number of nitrogens with zero attached hydrogens (tertiary/aromatic N) is 1. The first-order valence-corrected chi connectivity index (χ1v) is 8.10. The fraction of sp³-hybridized carbons (Fsp3) is 1.00. The monoisotopic (exact) mass is 278 g/mol. The van der Waals surface area contributed by atoms with Crippen LogP contribution in [0.1, 0.15) is 19.3 Å². The van der Waals surface area contributed by atoms with Crippen molar-refractivity contribution in [2.24, 2.45) is 5.14 Å². The highest BCUT2D eigenvalue weighted by molar-refractivity contribution is 7.89. The van der Waals surface area contributed by atoms with E-state index < -0.39 is 10.0 Å². The predicted molar refractivity (Wildman–Crippen MR) is 67.7 cm³/mol. The Bertz CT molecular complexity index is 346. The van der Waals surface area contributed by atoms with Crippen LogP contribution in [0.3, 0.4) is 0 Å². The molecule has 1 atom stereocenters. The van der Waals surface area contributed by atoms with Crippen LogP contribution in [0.2, 0.25) is 0 Å². The van der Waals surface area contributed by atoms with Crippen LogP contribution in [0.4, 0.5) is 0 Å². The lowest BCUT2D eigenvalue weighted by atomic mass is 10.1. The molecule has 2 N–H and O–H groups in total. The Hall–Kier alpha value is -0.210. The zero-order valence-electron chi connectivity index (χ0n) is 10.6. The van der Waals surface area contributed by atoms with Crippen LogP contribution >= 0.6 is 0 Å². The maximum atomic E-state index is 11.2. The summed E-state index contributed by atoms with van der Waals surface area (Å²) in [5, 5.41) is 4.81. The summed E-state index contributed by atoms with van der Waals surface area (Å²) >= 11 is 0. The molecule has 2 rings (SSSR count). The van der Waals surface area contributed by atoms with Crippen molar-refractivity contribution in [1.29, 1.82) is 0 Å². The summed E-state index contributed by atoms with van der Waals surface area (Å²) in [4.78, 5) is 2.28. The molecule has 0 amide bonds. The Balaban J connectivity index is 1.67. The van der Waals surface area contributed by atoms with Crippen LogP contribution in [0.25, 0.3) is 0 Å². The van der Waals surface area contributed by atoms with Gasteiger partial charge in [0, 0.05) is 6.54 Å². The minimum Gasteiger partial charge on any atom is -0.376 e. The second-order valence-electron chi connectivity index (χ2n) is 4.99. The molecule has 2 fully saturated rings. The SMILES string of the molecule is NS(=O)(=O)C1CCN(CCC2COCCO2)CC1. The molecule has 2 heterocycles. The van der Waals surface area contributed by atoms with Crippen molar-refractivity contribution < 1.29 is 17.9 Å². The molecule has 0 spiro atoms. The van der Waals surface area contributed by atoms with Gasteiger partial charge in [0.15, 0.2) is 0 Å². The normalized spacial score (nSPS) is 28.4. The molecule has 0 aromatic heterocycles. The topological polar surface area (TPSA) is 81.9 Å². The van der Waals surface area contributed by atoms with E-state index in [-0.39, 0.29) is 11.4 Å². The molecule has 0 aromatic carbocycles. The first-order chi connectivity index (χ1) is 8.55. The van der Waals surface area contributed by atoms with E-state index in [1.165, 1.54) is 0 Å². The van der Waals surface area contributed by atoms with Crippen molar-refractivity contribution in [2.45, 2.75) is 30.6 Å². The zero-order valence-corrected chi connectivity index (χ0v) is 11.4. The second kappa shape index (κ2) is 6.29. The molecule has 6 nitrogen and oxygen atoms in total. The van der Waals surface area contributed by atoms with Crippen LogP contribution in [-0.2, 0) is 19.5 Å². The third-order valence-electron chi connectivity index (χ3n) is 3.65. The van der Waals surface area contributed by atoms with E-state index >= 15 is 0 Å². The number of rotatable bonds is 4. The summed E-state index contributed by atoms with van der Waals surface area (Å²) in [5.74, 6) is 0. The molecule has 0 saturated carbocycles. The molecular formula is C11H22N2O4S. The fourth-order valence-electron chi connectivity index (χ4n) is 2.49. The van der Waals surface area contributed by atoms with E-state index in [4.69, 9.17) is 14.6 Å². The van der Waals surface area contributed by atoms with Gasteiger partial charge in [-0.15, -0.1) is 0 Å². The molecule has 1 unspecified atom stereocenters. The van der Waals surface area contributed by atoms with Crippen molar-refractivity contribution in [3.63, 3.8) is 0 Å². The Kier molecular flexibility index (Phi) is 4.97. The van der Waals surface area contributed by atoms with Crippen LogP contribution in [0.15, 0.2) is 0 Å². The van der Waals surface area contributed by atoms with Gasteiger partial charge in [-0.25, -0.2) is 13.6 Å². The highest BCUT2D eigenvalue weighted by atomic mass is 32.2. The lowest BCUT2D eigenvalue weighted by Crippen LogP contribution is -2.43. The number of nitrogens with two attached hydrogens (primary N) is 1. The highest BCUT2D eigenvalue weighted by Gasteiger charge is 2.27. The Labute approximate surface area is 108 Å². The van der Waals surface area contributed by atoms with Gasteiger partial charge >= 0.3 is 0 Å². The third kappa shape index (κ3) is 4.17. The number of piperidine rings is 1. The summed E-state index contributed by atoms with van der Waals surface area (Å²) in [5.41, 5.74) is 0. The molecule has 0 aliphatic carbocycles. The van der Waals surface area contributed by atoms with Gasteiger partial charge in [0.25, 0.3) is 0 Å². The number of hydrogen-bond acceptors (Lipinski definition) is 5. The average Bonchev–Trinajstić information content (AvgIpc) is 2.37. The molecule has 0 bridgehead atoms. The van der Waals surface area contributed by atoms with Gasteiger partial charge < -0.3 is 14.4 Å². The molecule has 7 heteroatoms. The molecule has 18 heavy (non-hydrogen) atoms. The summed E-state index contributed by atoms with van der Waals surface area (Å²) < 4.78 is 33.4. The predicted octanol–water partition coefficient (Wildman–Crippen LogP) is -0.455. The van der Waals surface area contributed by atoms with Crippen molar-refractivity contribution in [2.75, 3.05) is 39.5 Å². The van der Waals surface area contributed by atoms with E-state index in [1.807, 2.05) is 0 Å². The summed E-state index contributed by atoms with van der Waals surface area (Å²) in [6, 6.07) is 0. The Morgan fingerprint density at radius 2 is 1.94 bits per heavy atom. The molecule has 2 aliphatic heterocycles. The van der Waals surface area contributed by atoms with Crippen molar-refractivity contribution in [1.82, 2.24) is 4.90 Å². The van der Waals surface area contributed by atoms with Crippen molar-refractivity contribution >= 4 is 10.0 Å². The Morgan fingerprint density at radius 1 is 1.22 bits per heavy atom. The number of likely N-dealkylation sites (tertiary alicyclic amines) is 1. The largest absolute Gasteiger partial charge is 0.376 e. The summed E-state index contributed by atoms with van der Waals surface area (Å²) in [7, 11) is -3.36. The first-order valence-electron chi connectivity index (χ1n) is 6.49. The van der Waals surface area contributed by atoms with Gasteiger partial charge in [-0.1, -0.05) is 0 Å². The maximum absolute atomic E-state index is 11.2. The fourth-order valence-corrected chi connectivity index (χ4v) is 3.36. The third-order valence-corrected chi connectivity index (χ3v) is 5.05. The van der Waals surface area contributed by atoms with Crippen LogP contribution in [0, 0.1) is 0 Å².